The van der Waals surface area contributed by atoms with E-state index in [0.29, 0.717) is 35.2 Å². The number of carbonyl (C=O) groups is 2. The second-order valence-corrected chi connectivity index (χ2v) is 9.14. The molecule has 39 heavy (non-hydrogen) atoms. The maximum atomic E-state index is 12.9. The van der Waals surface area contributed by atoms with E-state index in [4.69, 9.17) is 23.7 Å². The van der Waals surface area contributed by atoms with E-state index in [1.807, 2.05) is 31.2 Å². The fourth-order valence-corrected chi connectivity index (χ4v) is 5.28. The molecule has 2 unspecified atom stereocenters. The van der Waals surface area contributed by atoms with Gasteiger partial charge in [-0.05, 0) is 53.4 Å². The fraction of sp³-hybridized carbons (Fsp3) is 0.310. The average Bonchev–Trinajstić information content (AvgIpc) is 3.52. The van der Waals surface area contributed by atoms with Gasteiger partial charge in [0.05, 0.1) is 13.7 Å². The second kappa shape index (κ2) is 12.2. The van der Waals surface area contributed by atoms with Gasteiger partial charge in [0.2, 0.25) is 6.79 Å². The Bertz CT molecular complexity index is 1370. The number of fused-ring (bicyclic) bond motifs is 2. The molecule has 0 saturated carbocycles. The van der Waals surface area contributed by atoms with Crippen LogP contribution in [0.15, 0.2) is 54.6 Å². The van der Waals surface area contributed by atoms with Crippen LogP contribution < -0.4 is 58.3 Å². The average molecular weight is 543 g/mol. The first-order valence-corrected chi connectivity index (χ1v) is 12.3. The Kier molecular flexibility index (Phi) is 8.94. The van der Waals surface area contributed by atoms with Gasteiger partial charge in [-0.3, -0.25) is 0 Å². The van der Waals surface area contributed by atoms with Crippen molar-refractivity contribution in [1.29, 1.82) is 0 Å². The number of benzene rings is 3. The first-order valence-electron chi connectivity index (χ1n) is 12.3. The van der Waals surface area contributed by atoms with Crippen LogP contribution in [0.4, 0.5) is 0 Å². The Morgan fingerprint density at radius 2 is 1.67 bits per heavy atom. The topological polar surface area (TPSA) is 124 Å². The van der Waals surface area contributed by atoms with Gasteiger partial charge in [-0.1, -0.05) is 25.1 Å². The number of hydrogen-bond acceptors (Lipinski definition) is 8. The summed E-state index contributed by atoms with van der Waals surface area (Å²) >= 11 is 0. The van der Waals surface area contributed by atoms with Crippen LogP contribution in [-0.4, -0.2) is 44.2 Å². The van der Waals surface area contributed by atoms with Crippen LogP contribution in [0.2, 0.25) is 0 Å². The molecule has 1 heterocycles. The molecule has 0 amide bonds. The molecule has 3 aromatic carbocycles. The largest absolute Gasteiger partial charge is 1.00 e. The minimum absolute atomic E-state index is 0. The number of aliphatic carboxylic acids is 2. The number of carboxylic acids is 2. The fourth-order valence-electron chi connectivity index (χ4n) is 5.28. The summed E-state index contributed by atoms with van der Waals surface area (Å²) in [4.78, 5) is 24.2. The van der Waals surface area contributed by atoms with Gasteiger partial charge in [0.25, 0.3) is 0 Å². The van der Waals surface area contributed by atoms with E-state index >= 15 is 0 Å². The van der Waals surface area contributed by atoms with E-state index in [9.17, 15) is 19.8 Å². The molecule has 1 aliphatic heterocycles. The Hall–Kier alpha value is -3.40. The number of ether oxygens (including phenoxy) is 5. The summed E-state index contributed by atoms with van der Waals surface area (Å²) in [5.41, 5.74) is 2.78. The van der Waals surface area contributed by atoms with Crippen molar-refractivity contribution in [3.63, 3.8) is 0 Å². The number of methoxy groups -OCH3 is 1. The van der Waals surface area contributed by atoms with Crippen LogP contribution in [0.5, 0.6) is 28.7 Å². The summed E-state index contributed by atoms with van der Waals surface area (Å²) in [5, 5.41) is 22.1. The van der Waals surface area contributed by atoms with E-state index in [1.54, 1.807) is 30.3 Å². The van der Waals surface area contributed by atoms with Crippen molar-refractivity contribution in [3.05, 3.63) is 76.9 Å². The van der Waals surface area contributed by atoms with Crippen LogP contribution in [0, 0.1) is 5.92 Å². The normalized spacial score (nSPS) is 18.6. The molecule has 1 N–H and O–H groups in total. The van der Waals surface area contributed by atoms with Crippen molar-refractivity contribution in [2.45, 2.75) is 25.2 Å². The monoisotopic (exact) mass is 542 g/mol. The van der Waals surface area contributed by atoms with Gasteiger partial charge < -0.3 is 38.7 Å². The van der Waals surface area contributed by atoms with E-state index in [1.165, 1.54) is 7.11 Å². The number of rotatable bonds is 10. The zero-order chi connectivity index (χ0) is 26.8. The van der Waals surface area contributed by atoms with Crippen LogP contribution in [0.1, 0.15) is 47.4 Å². The predicted octanol–water partition coefficient (Wildman–Crippen LogP) is 0.324. The third-order valence-electron chi connectivity index (χ3n) is 6.85. The van der Waals surface area contributed by atoms with E-state index in [2.05, 4.69) is 0 Å². The van der Waals surface area contributed by atoms with E-state index < -0.39 is 36.3 Å². The Balaban J connectivity index is 0.00000353. The summed E-state index contributed by atoms with van der Waals surface area (Å²) in [7, 11) is 1.48. The summed E-state index contributed by atoms with van der Waals surface area (Å²) in [6.07, 6.45) is 0.813. The van der Waals surface area contributed by atoms with Gasteiger partial charge in [-0.25, -0.2) is 4.79 Å². The molecular formula is C29H27NaO9. The van der Waals surface area contributed by atoms with Gasteiger partial charge in [0.1, 0.15) is 17.2 Å². The smallest absolute Gasteiger partial charge is 0.550 e. The molecular weight excluding hydrogens is 515 g/mol. The van der Waals surface area contributed by atoms with Gasteiger partial charge in [-0.15, -0.1) is 0 Å². The molecule has 0 aromatic heterocycles. The molecule has 1 aliphatic carbocycles. The zero-order valence-corrected chi connectivity index (χ0v) is 24.0. The number of carbonyl (C=O) groups excluding carboxylic acids is 1. The van der Waals surface area contributed by atoms with Crippen molar-refractivity contribution in [2.24, 2.45) is 5.92 Å². The summed E-state index contributed by atoms with van der Waals surface area (Å²) in [6.45, 7) is 2.01. The molecule has 10 heteroatoms. The number of hydrogen-bond donors (Lipinski definition) is 1. The third-order valence-corrected chi connectivity index (χ3v) is 6.85. The molecule has 0 radical (unpaired) electrons. The van der Waals surface area contributed by atoms with Crippen LogP contribution in [0.3, 0.4) is 0 Å². The van der Waals surface area contributed by atoms with E-state index in [0.717, 1.165) is 23.1 Å². The molecule has 5 rings (SSSR count). The molecule has 3 atom stereocenters. The van der Waals surface area contributed by atoms with Crippen molar-refractivity contribution in [3.8, 4) is 28.7 Å². The van der Waals surface area contributed by atoms with Crippen LogP contribution >= 0.6 is 0 Å². The Morgan fingerprint density at radius 1 is 0.923 bits per heavy atom. The quantitative estimate of drug-likeness (QED) is 0.361. The van der Waals surface area contributed by atoms with Crippen molar-refractivity contribution >= 4 is 11.9 Å². The Morgan fingerprint density at radius 3 is 2.38 bits per heavy atom. The predicted molar refractivity (Wildman–Crippen MR) is 133 cm³/mol. The minimum Gasteiger partial charge on any atom is -0.550 e. The van der Waals surface area contributed by atoms with Gasteiger partial charge in [-0.2, -0.15) is 0 Å². The molecule has 2 aliphatic rings. The summed E-state index contributed by atoms with van der Waals surface area (Å²) in [5.74, 6) is -2.31. The molecule has 198 valence electrons. The minimum atomic E-state index is -1.25. The molecule has 0 saturated heterocycles. The maximum absolute atomic E-state index is 12.9. The maximum Gasteiger partial charge on any atom is 1.00 e. The number of carboxylic acid groups (broad SMARTS) is 2. The van der Waals surface area contributed by atoms with Gasteiger partial charge in [0, 0.05) is 35.4 Å². The van der Waals surface area contributed by atoms with Crippen molar-refractivity contribution < 1.29 is 73.0 Å². The standard InChI is InChI=1S/C29H28O9.Na/c1-3-10-35-18-6-7-19-21(12-18)27(20-8-5-17(34-2)13-23(20)36-14-25(30)31)28(29(32)33)26(19)16-4-9-22-24(11-16)38-15-37-22;/h4-9,11-13,26-28H,3,10,14-15H2,1-2H3,(H,30,31)(H,32,33);/q;+1/p-1/t26?,27?,28-;/m0./s1. The molecule has 0 fully saturated rings. The van der Waals surface area contributed by atoms with Crippen molar-refractivity contribution in [1.82, 2.24) is 0 Å². The van der Waals surface area contributed by atoms with Crippen LogP contribution in [0.25, 0.3) is 0 Å². The van der Waals surface area contributed by atoms with Gasteiger partial charge in [0.15, 0.2) is 18.1 Å². The zero-order valence-electron chi connectivity index (χ0n) is 22.0. The van der Waals surface area contributed by atoms with Crippen LogP contribution in [-0.2, 0) is 9.59 Å². The summed E-state index contributed by atoms with van der Waals surface area (Å²) in [6, 6.07) is 15.9. The molecule has 0 bridgehead atoms. The first-order chi connectivity index (χ1) is 18.4. The molecule has 3 aromatic rings. The SMILES string of the molecule is CCCOc1ccc2c(c1)C(c1ccc(OC)cc1OCC(=O)O)[C@@H](C(=O)[O-])C2c1ccc2c(c1)OCO2.[Na+]. The van der Waals surface area contributed by atoms with Gasteiger partial charge >= 0.3 is 35.5 Å². The molecule has 9 nitrogen and oxygen atoms in total. The van der Waals surface area contributed by atoms with E-state index in [-0.39, 0.29) is 42.1 Å². The third kappa shape index (κ3) is 5.66. The molecule has 0 spiro atoms. The summed E-state index contributed by atoms with van der Waals surface area (Å²) < 4.78 is 27.8. The Labute approximate surface area is 247 Å². The first kappa shape index (κ1) is 28.6. The van der Waals surface area contributed by atoms with Crippen molar-refractivity contribution in [2.75, 3.05) is 27.1 Å². The second-order valence-electron chi connectivity index (χ2n) is 9.14.